The fraction of sp³-hybridized carbons (Fsp3) is 0.133. The smallest absolute Gasteiger partial charge is 0.190 e. The quantitative estimate of drug-likeness (QED) is 0.685. The molecule has 1 aromatic heterocycles. The highest BCUT2D eigenvalue weighted by atomic mass is 32.1. The Bertz CT molecular complexity index is 763. The Morgan fingerprint density at radius 1 is 1.16 bits per heavy atom. The van der Waals surface area contributed by atoms with Gasteiger partial charge in [0.1, 0.15) is 0 Å². The summed E-state index contributed by atoms with van der Waals surface area (Å²) in [5.41, 5.74) is 10.3. The molecule has 0 spiro atoms. The van der Waals surface area contributed by atoms with Gasteiger partial charge in [-0.1, -0.05) is 29.5 Å². The van der Waals surface area contributed by atoms with Crippen molar-refractivity contribution in [1.82, 2.24) is 4.98 Å². The van der Waals surface area contributed by atoms with Crippen molar-refractivity contribution in [1.29, 1.82) is 0 Å². The molecule has 0 aliphatic carbocycles. The number of hydrogen-bond donors (Lipinski definition) is 1. The van der Waals surface area contributed by atoms with Crippen molar-refractivity contribution >= 4 is 38.1 Å². The van der Waals surface area contributed by atoms with E-state index in [1.54, 1.807) is 11.3 Å². The van der Waals surface area contributed by atoms with Crippen molar-refractivity contribution in [2.75, 3.05) is 17.2 Å². The molecule has 94 valence electrons. The summed E-state index contributed by atoms with van der Waals surface area (Å²) in [6.07, 6.45) is 1.09. The molecule has 4 rings (SSSR count). The lowest BCUT2D eigenvalue weighted by molar-refractivity contribution is 0.993. The molecule has 0 atom stereocenters. The number of rotatable bonds is 1. The minimum Gasteiger partial charge on any atom is -0.399 e. The molecule has 1 aliphatic rings. The summed E-state index contributed by atoms with van der Waals surface area (Å²) in [5.74, 6) is 0. The fourth-order valence-electron chi connectivity index (χ4n) is 2.58. The maximum atomic E-state index is 5.83. The molecule has 0 saturated heterocycles. The second-order valence-electron chi connectivity index (χ2n) is 4.75. The van der Waals surface area contributed by atoms with E-state index in [4.69, 9.17) is 10.7 Å². The number of benzene rings is 2. The van der Waals surface area contributed by atoms with Gasteiger partial charge in [0.2, 0.25) is 0 Å². The molecule has 4 heteroatoms. The van der Waals surface area contributed by atoms with Crippen LogP contribution in [-0.4, -0.2) is 11.5 Å². The van der Waals surface area contributed by atoms with Crippen LogP contribution in [0, 0.1) is 0 Å². The van der Waals surface area contributed by atoms with Crippen LogP contribution in [0.5, 0.6) is 0 Å². The molecule has 0 saturated carbocycles. The first kappa shape index (κ1) is 10.8. The third kappa shape index (κ3) is 1.68. The Kier molecular flexibility index (Phi) is 2.26. The van der Waals surface area contributed by atoms with Crippen LogP contribution in [-0.2, 0) is 6.42 Å². The first-order valence-corrected chi connectivity index (χ1v) is 7.14. The molecular formula is C15H13N3S. The highest BCUT2D eigenvalue weighted by Gasteiger charge is 2.22. The first-order valence-electron chi connectivity index (χ1n) is 6.33. The van der Waals surface area contributed by atoms with Gasteiger partial charge in [0.15, 0.2) is 5.13 Å². The second-order valence-corrected chi connectivity index (χ2v) is 5.76. The molecule has 1 aliphatic heterocycles. The van der Waals surface area contributed by atoms with Crippen LogP contribution in [0.4, 0.5) is 16.5 Å². The van der Waals surface area contributed by atoms with Crippen molar-refractivity contribution in [3.63, 3.8) is 0 Å². The predicted molar refractivity (Wildman–Crippen MR) is 81.2 cm³/mol. The first-order chi connectivity index (χ1) is 9.31. The number of aromatic nitrogens is 1. The number of para-hydroxylation sites is 1. The van der Waals surface area contributed by atoms with Crippen LogP contribution in [0.2, 0.25) is 0 Å². The van der Waals surface area contributed by atoms with Gasteiger partial charge in [-0.25, -0.2) is 4.98 Å². The average Bonchev–Trinajstić information content (AvgIpc) is 3.00. The van der Waals surface area contributed by atoms with Crippen molar-refractivity contribution in [2.24, 2.45) is 0 Å². The number of fused-ring (bicyclic) bond motifs is 2. The van der Waals surface area contributed by atoms with E-state index in [2.05, 4.69) is 29.2 Å². The third-order valence-electron chi connectivity index (χ3n) is 3.52. The van der Waals surface area contributed by atoms with E-state index in [0.29, 0.717) is 0 Å². The van der Waals surface area contributed by atoms with Crippen molar-refractivity contribution in [3.8, 4) is 0 Å². The van der Waals surface area contributed by atoms with E-state index in [-0.39, 0.29) is 0 Å². The van der Waals surface area contributed by atoms with Gasteiger partial charge in [-0.2, -0.15) is 0 Å². The van der Waals surface area contributed by atoms with Gasteiger partial charge >= 0.3 is 0 Å². The highest BCUT2D eigenvalue weighted by Crippen LogP contribution is 2.38. The standard InChI is InChI=1S/C15H13N3S/c16-11-5-6-12-14(9-11)19-15(17-12)18-8-7-10-3-1-2-4-13(10)18/h1-6,9H,7-8,16H2. The number of nitrogens with two attached hydrogens (primary N) is 1. The molecule has 19 heavy (non-hydrogen) atoms. The minimum atomic E-state index is 0.796. The van der Waals surface area contributed by atoms with E-state index in [1.807, 2.05) is 18.2 Å². The molecule has 2 aromatic carbocycles. The molecule has 2 N–H and O–H groups in total. The molecule has 3 aromatic rings. The summed E-state index contributed by atoms with van der Waals surface area (Å²) < 4.78 is 1.15. The lowest BCUT2D eigenvalue weighted by Crippen LogP contribution is -2.12. The maximum absolute atomic E-state index is 5.83. The van der Waals surface area contributed by atoms with Crippen molar-refractivity contribution in [2.45, 2.75) is 6.42 Å². The zero-order valence-corrected chi connectivity index (χ0v) is 11.2. The van der Waals surface area contributed by atoms with Crippen molar-refractivity contribution in [3.05, 3.63) is 48.0 Å². The Hall–Kier alpha value is -2.07. The highest BCUT2D eigenvalue weighted by molar-refractivity contribution is 7.22. The van der Waals surface area contributed by atoms with Gasteiger partial charge in [0, 0.05) is 17.9 Å². The van der Waals surface area contributed by atoms with Gasteiger partial charge in [0.25, 0.3) is 0 Å². The Balaban J connectivity index is 1.83. The second kappa shape index (κ2) is 3.96. The van der Waals surface area contributed by atoms with Gasteiger partial charge in [0.05, 0.1) is 10.2 Å². The molecular weight excluding hydrogens is 254 g/mol. The van der Waals surface area contributed by atoms with E-state index in [9.17, 15) is 0 Å². The number of thiazole rings is 1. The van der Waals surface area contributed by atoms with Crippen LogP contribution in [0.1, 0.15) is 5.56 Å². The number of hydrogen-bond acceptors (Lipinski definition) is 4. The predicted octanol–water partition coefficient (Wildman–Crippen LogP) is 3.57. The maximum Gasteiger partial charge on any atom is 0.190 e. The van der Waals surface area contributed by atoms with E-state index in [1.165, 1.54) is 11.3 Å². The summed E-state index contributed by atoms with van der Waals surface area (Å²) >= 11 is 1.71. The lowest BCUT2D eigenvalue weighted by Gasteiger charge is -2.15. The molecule has 2 heterocycles. The van der Waals surface area contributed by atoms with E-state index in [0.717, 1.165) is 34.0 Å². The lowest BCUT2D eigenvalue weighted by atomic mass is 10.2. The zero-order valence-electron chi connectivity index (χ0n) is 10.3. The van der Waals surface area contributed by atoms with Gasteiger partial charge in [-0.05, 0) is 36.2 Å². The number of nitrogen functional groups attached to an aromatic ring is 1. The SMILES string of the molecule is Nc1ccc2nc(N3CCc4ccccc43)sc2c1. The zero-order chi connectivity index (χ0) is 12.8. The normalized spacial score (nSPS) is 14.0. The fourth-order valence-corrected chi connectivity index (χ4v) is 3.64. The monoisotopic (exact) mass is 267 g/mol. The molecule has 0 bridgehead atoms. The van der Waals surface area contributed by atoms with Crippen LogP contribution in [0.25, 0.3) is 10.2 Å². The van der Waals surface area contributed by atoms with Crippen LogP contribution < -0.4 is 10.6 Å². The average molecular weight is 267 g/mol. The van der Waals surface area contributed by atoms with Gasteiger partial charge in [-0.15, -0.1) is 0 Å². The van der Waals surface area contributed by atoms with E-state index >= 15 is 0 Å². The summed E-state index contributed by atoms with van der Waals surface area (Å²) in [5, 5.41) is 1.06. The topological polar surface area (TPSA) is 42.1 Å². The summed E-state index contributed by atoms with van der Waals surface area (Å²) in [4.78, 5) is 7.03. The Labute approximate surface area is 115 Å². The molecule has 0 radical (unpaired) electrons. The van der Waals surface area contributed by atoms with Gasteiger partial charge < -0.3 is 10.6 Å². The van der Waals surface area contributed by atoms with Crippen LogP contribution in [0.15, 0.2) is 42.5 Å². The summed E-state index contributed by atoms with van der Waals surface area (Å²) in [7, 11) is 0. The number of anilines is 3. The minimum absolute atomic E-state index is 0.796. The van der Waals surface area contributed by atoms with Crippen LogP contribution in [0.3, 0.4) is 0 Å². The van der Waals surface area contributed by atoms with Gasteiger partial charge in [-0.3, -0.25) is 0 Å². The molecule has 0 fully saturated rings. The third-order valence-corrected chi connectivity index (χ3v) is 4.56. The van der Waals surface area contributed by atoms with Crippen LogP contribution >= 0.6 is 11.3 Å². The molecule has 3 nitrogen and oxygen atoms in total. The molecule has 0 unspecified atom stereocenters. The Morgan fingerprint density at radius 3 is 3.00 bits per heavy atom. The summed E-state index contributed by atoms with van der Waals surface area (Å²) in [6.45, 7) is 1.01. The largest absolute Gasteiger partial charge is 0.399 e. The van der Waals surface area contributed by atoms with Crippen molar-refractivity contribution < 1.29 is 0 Å². The van der Waals surface area contributed by atoms with E-state index < -0.39 is 0 Å². The summed E-state index contributed by atoms with van der Waals surface area (Å²) in [6, 6.07) is 14.4. The Morgan fingerprint density at radius 2 is 2.05 bits per heavy atom. The number of nitrogens with zero attached hydrogens (tertiary/aromatic N) is 2. The molecule has 0 amide bonds.